The lowest BCUT2D eigenvalue weighted by atomic mass is 10.1. The van der Waals surface area contributed by atoms with Gasteiger partial charge in [-0.3, -0.25) is 9.59 Å². The number of ketones is 2. The fraction of sp³-hybridized carbons (Fsp3) is 0.556. The summed E-state index contributed by atoms with van der Waals surface area (Å²) in [7, 11) is 1.44. The van der Waals surface area contributed by atoms with Crippen molar-refractivity contribution in [3.05, 3.63) is 12.7 Å². The molecule has 0 N–H and O–H groups in total. The van der Waals surface area contributed by atoms with Gasteiger partial charge in [-0.2, -0.15) is 0 Å². The van der Waals surface area contributed by atoms with E-state index in [1.165, 1.54) is 7.11 Å². The van der Waals surface area contributed by atoms with Crippen LogP contribution in [0.5, 0.6) is 0 Å². The Hall–Kier alpha value is -0.960. The minimum atomic E-state index is -0.161. The first-order valence-electron chi connectivity index (χ1n) is 3.84. The van der Waals surface area contributed by atoms with Gasteiger partial charge >= 0.3 is 0 Å². The summed E-state index contributed by atoms with van der Waals surface area (Å²) in [6.45, 7) is 3.51. The van der Waals surface area contributed by atoms with E-state index in [-0.39, 0.29) is 24.6 Å². The van der Waals surface area contributed by atoms with Crippen molar-refractivity contribution < 1.29 is 14.3 Å². The first-order chi connectivity index (χ1) is 5.70. The number of methoxy groups -OCH3 is 1. The van der Waals surface area contributed by atoms with Crippen LogP contribution in [0.3, 0.4) is 0 Å². The lowest BCUT2D eigenvalue weighted by molar-refractivity contribution is -0.129. The second kappa shape index (κ2) is 6.73. The van der Waals surface area contributed by atoms with Crippen LogP contribution in [0.4, 0.5) is 0 Å². The van der Waals surface area contributed by atoms with Crippen molar-refractivity contribution in [1.82, 2.24) is 0 Å². The van der Waals surface area contributed by atoms with Gasteiger partial charge in [-0.25, -0.2) is 0 Å². The fourth-order valence-corrected chi connectivity index (χ4v) is 0.783. The molecule has 0 aromatic rings. The van der Waals surface area contributed by atoms with E-state index in [0.717, 1.165) is 0 Å². The van der Waals surface area contributed by atoms with Crippen LogP contribution in [0, 0.1) is 0 Å². The molecular formula is C9H14O3. The van der Waals surface area contributed by atoms with Crippen molar-refractivity contribution in [3.8, 4) is 0 Å². The van der Waals surface area contributed by atoms with E-state index in [2.05, 4.69) is 11.3 Å². The molecule has 3 heteroatoms. The van der Waals surface area contributed by atoms with Gasteiger partial charge < -0.3 is 4.74 Å². The maximum Gasteiger partial charge on any atom is 0.165 e. The number of hydrogen-bond acceptors (Lipinski definition) is 3. The maximum atomic E-state index is 11.0. The van der Waals surface area contributed by atoms with Crippen LogP contribution < -0.4 is 0 Å². The van der Waals surface area contributed by atoms with Crippen LogP contribution >= 0.6 is 0 Å². The number of carbonyl (C=O) groups excluding carboxylic acids is 2. The van der Waals surface area contributed by atoms with Crippen LogP contribution in [0.15, 0.2) is 12.7 Å². The second-order valence-electron chi connectivity index (χ2n) is 2.51. The third kappa shape index (κ3) is 5.80. The summed E-state index contributed by atoms with van der Waals surface area (Å²) in [4.78, 5) is 21.8. The second-order valence-corrected chi connectivity index (χ2v) is 2.51. The van der Waals surface area contributed by atoms with Gasteiger partial charge in [0.05, 0.1) is 6.42 Å². The molecule has 0 saturated carbocycles. The molecule has 12 heavy (non-hydrogen) atoms. The van der Waals surface area contributed by atoms with Crippen molar-refractivity contribution in [3.63, 3.8) is 0 Å². The van der Waals surface area contributed by atoms with Crippen LogP contribution in [0.25, 0.3) is 0 Å². The van der Waals surface area contributed by atoms with Gasteiger partial charge in [-0.15, -0.1) is 6.58 Å². The quantitative estimate of drug-likeness (QED) is 0.425. The average Bonchev–Trinajstić information content (AvgIpc) is 2.01. The molecule has 68 valence electrons. The summed E-state index contributed by atoms with van der Waals surface area (Å²) in [5.41, 5.74) is 0. The van der Waals surface area contributed by atoms with Crippen molar-refractivity contribution in [1.29, 1.82) is 0 Å². The molecule has 0 aliphatic carbocycles. The Bertz CT molecular complexity index is 173. The zero-order valence-corrected chi connectivity index (χ0v) is 7.34. The zero-order valence-electron chi connectivity index (χ0n) is 7.34. The highest BCUT2D eigenvalue weighted by Gasteiger charge is 2.07. The number of hydrogen-bond donors (Lipinski definition) is 0. The molecule has 0 radical (unpaired) electrons. The molecule has 0 spiro atoms. The van der Waals surface area contributed by atoms with Crippen LogP contribution in [-0.2, 0) is 14.3 Å². The summed E-state index contributed by atoms with van der Waals surface area (Å²) in [6, 6.07) is 0. The SMILES string of the molecule is C=CCCC(=O)CC(=O)COC. The molecule has 0 fully saturated rings. The van der Waals surface area contributed by atoms with Gasteiger partial charge in [0.15, 0.2) is 5.78 Å². The molecule has 0 bridgehead atoms. The van der Waals surface area contributed by atoms with E-state index >= 15 is 0 Å². The Kier molecular flexibility index (Phi) is 6.19. The first kappa shape index (κ1) is 11.0. The molecule has 0 atom stereocenters. The van der Waals surface area contributed by atoms with Crippen molar-refractivity contribution >= 4 is 11.6 Å². The maximum absolute atomic E-state index is 11.0. The molecule has 0 aromatic carbocycles. The standard InChI is InChI=1S/C9H14O3/c1-3-4-5-8(10)6-9(11)7-12-2/h3H,1,4-7H2,2H3. The predicted octanol–water partition coefficient (Wildman–Crippen LogP) is 1.13. The minimum absolute atomic E-state index is 0.0122. The van der Waals surface area contributed by atoms with E-state index in [1.807, 2.05) is 0 Å². The molecule has 0 amide bonds. The topological polar surface area (TPSA) is 43.4 Å². The Morgan fingerprint density at radius 2 is 2.08 bits per heavy atom. The van der Waals surface area contributed by atoms with Gasteiger partial charge in [-0.1, -0.05) is 6.08 Å². The van der Waals surface area contributed by atoms with E-state index in [0.29, 0.717) is 12.8 Å². The summed E-state index contributed by atoms with van der Waals surface area (Å²) in [5.74, 6) is -0.205. The third-order valence-corrected chi connectivity index (χ3v) is 1.33. The molecule has 3 nitrogen and oxygen atoms in total. The smallest absolute Gasteiger partial charge is 0.165 e. The largest absolute Gasteiger partial charge is 0.377 e. The monoisotopic (exact) mass is 170 g/mol. The van der Waals surface area contributed by atoms with E-state index in [4.69, 9.17) is 0 Å². The van der Waals surface area contributed by atoms with Crippen molar-refractivity contribution in [2.75, 3.05) is 13.7 Å². The Morgan fingerprint density at radius 3 is 2.58 bits per heavy atom. The lowest BCUT2D eigenvalue weighted by Gasteiger charge is -1.97. The molecular weight excluding hydrogens is 156 g/mol. The van der Waals surface area contributed by atoms with Gasteiger partial charge in [0.1, 0.15) is 12.4 Å². The Morgan fingerprint density at radius 1 is 1.42 bits per heavy atom. The number of Topliss-reactive ketones (excluding diaryl/α,β-unsaturated/α-hetero) is 2. The van der Waals surface area contributed by atoms with Gasteiger partial charge in [0.2, 0.25) is 0 Å². The summed E-state index contributed by atoms with van der Waals surface area (Å²) in [6.07, 6.45) is 2.69. The van der Waals surface area contributed by atoms with E-state index < -0.39 is 0 Å². The highest BCUT2D eigenvalue weighted by Crippen LogP contribution is 1.96. The average molecular weight is 170 g/mol. The van der Waals surface area contributed by atoms with Crippen molar-refractivity contribution in [2.45, 2.75) is 19.3 Å². The molecule has 0 unspecified atom stereocenters. The lowest BCUT2D eigenvalue weighted by Crippen LogP contribution is -2.12. The molecule has 0 rings (SSSR count). The Labute approximate surface area is 72.4 Å². The number of allylic oxidation sites excluding steroid dienone is 1. The fourth-order valence-electron chi connectivity index (χ4n) is 0.783. The predicted molar refractivity (Wildman–Crippen MR) is 45.9 cm³/mol. The highest BCUT2D eigenvalue weighted by molar-refractivity contribution is 5.99. The number of carbonyl (C=O) groups is 2. The van der Waals surface area contributed by atoms with Crippen LogP contribution in [0.2, 0.25) is 0 Å². The third-order valence-electron chi connectivity index (χ3n) is 1.33. The van der Waals surface area contributed by atoms with Gasteiger partial charge in [-0.05, 0) is 6.42 Å². The minimum Gasteiger partial charge on any atom is -0.377 e. The molecule has 0 saturated heterocycles. The molecule has 0 aliphatic rings. The van der Waals surface area contributed by atoms with Gasteiger partial charge in [0.25, 0.3) is 0 Å². The highest BCUT2D eigenvalue weighted by atomic mass is 16.5. The molecule has 0 aromatic heterocycles. The van der Waals surface area contributed by atoms with E-state index in [1.54, 1.807) is 6.08 Å². The zero-order chi connectivity index (χ0) is 9.40. The normalized spacial score (nSPS) is 9.42. The summed E-state index contributed by atoms with van der Waals surface area (Å²) < 4.78 is 4.59. The first-order valence-corrected chi connectivity index (χ1v) is 3.84. The van der Waals surface area contributed by atoms with Gasteiger partial charge in [0, 0.05) is 13.5 Å². The van der Waals surface area contributed by atoms with Crippen LogP contribution in [0.1, 0.15) is 19.3 Å². The number of rotatable bonds is 7. The van der Waals surface area contributed by atoms with E-state index in [9.17, 15) is 9.59 Å². The number of ether oxygens (including phenoxy) is 1. The summed E-state index contributed by atoms with van der Waals surface area (Å²) in [5, 5.41) is 0. The molecule has 0 heterocycles. The van der Waals surface area contributed by atoms with Crippen LogP contribution in [-0.4, -0.2) is 25.3 Å². The summed E-state index contributed by atoms with van der Waals surface area (Å²) >= 11 is 0. The Balaban J connectivity index is 3.54. The molecule has 0 aliphatic heterocycles. The van der Waals surface area contributed by atoms with Crippen molar-refractivity contribution in [2.24, 2.45) is 0 Å².